The number of carbonyl (C=O) groups excluding carboxylic acids is 4. The smallest absolute Gasteiger partial charge is 0.326 e. The summed E-state index contributed by atoms with van der Waals surface area (Å²) in [7, 11) is 0. The predicted octanol–water partition coefficient (Wildman–Crippen LogP) is -2.35. The molecule has 0 heterocycles. The van der Waals surface area contributed by atoms with E-state index in [1.807, 2.05) is 6.26 Å². The zero-order valence-electron chi connectivity index (χ0n) is 15.1. The number of carboxylic acid groups (broad SMARTS) is 1. The third kappa shape index (κ3) is 11.1. The lowest BCUT2D eigenvalue weighted by molar-refractivity contribution is -0.142. The van der Waals surface area contributed by atoms with Gasteiger partial charge in [-0.3, -0.25) is 19.2 Å². The van der Waals surface area contributed by atoms with Gasteiger partial charge in [-0.05, 0) is 31.3 Å². The maximum atomic E-state index is 12.4. The van der Waals surface area contributed by atoms with Gasteiger partial charge in [-0.1, -0.05) is 0 Å². The molecule has 0 aromatic rings. The number of amides is 4. The molecule has 4 amide bonds. The van der Waals surface area contributed by atoms with Crippen LogP contribution in [-0.2, 0) is 24.0 Å². The molecule has 154 valence electrons. The number of carbonyl (C=O) groups is 5. The van der Waals surface area contributed by atoms with E-state index in [4.69, 9.17) is 22.3 Å². The molecule has 3 atom stereocenters. The highest BCUT2D eigenvalue weighted by atomic mass is 32.2. The van der Waals surface area contributed by atoms with Crippen LogP contribution >= 0.6 is 11.8 Å². The molecule has 0 aliphatic rings. The maximum Gasteiger partial charge on any atom is 0.326 e. The molecule has 0 saturated heterocycles. The van der Waals surface area contributed by atoms with Gasteiger partial charge in [0.2, 0.25) is 23.6 Å². The van der Waals surface area contributed by atoms with Gasteiger partial charge in [0.1, 0.15) is 12.1 Å². The molecule has 0 aliphatic carbocycles. The van der Waals surface area contributed by atoms with Gasteiger partial charge in [-0.2, -0.15) is 11.8 Å². The van der Waals surface area contributed by atoms with Crippen LogP contribution in [0.25, 0.3) is 0 Å². The number of rotatable bonds is 14. The zero-order valence-corrected chi connectivity index (χ0v) is 15.9. The molecule has 0 bridgehead atoms. The van der Waals surface area contributed by atoms with Crippen molar-refractivity contribution in [1.82, 2.24) is 10.6 Å². The van der Waals surface area contributed by atoms with Crippen molar-refractivity contribution in [3.8, 4) is 0 Å². The Labute approximate surface area is 161 Å². The predicted molar refractivity (Wildman–Crippen MR) is 99.3 cm³/mol. The molecule has 0 fully saturated rings. The molecule has 12 heteroatoms. The average molecular weight is 405 g/mol. The van der Waals surface area contributed by atoms with E-state index in [1.165, 1.54) is 11.8 Å². The second kappa shape index (κ2) is 12.9. The van der Waals surface area contributed by atoms with E-state index in [0.29, 0.717) is 5.75 Å². The number of thioether (sulfide) groups is 1. The van der Waals surface area contributed by atoms with Gasteiger partial charge in [0, 0.05) is 12.8 Å². The van der Waals surface area contributed by atoms with E-state index in [0.717, 1.165) is 0 Å². The van der Waals surface area contributed by atoms with Crippen molar-refractivity contribution in [3.63, 3.8) is 0 Å². The largest absolute Gasteiger partial charge is 0.480 e. The van der Waals surface area contributed by atoms with Crippen LogP contribution in [0.4, 0.5) is 0 Å². The average Bonchev–Trinajstić information content (AvgIpc) is 2.58. The van der Waals surface area contributed by atoms with Gasteiger partial charge in [0.25, 0.3) is 0 Å². The van der Waals surface area contributed by atoms with Crippen LogP contribution < -0.4 is 27.8 Å². The van der Waals surface area contributed by atoms with Crippen molar-refractivity contribution in [3.05, 3.63) is 0 Å². The van der Waals surface area contributed by atoms with Crippen LogP contribution in [0.2, 0.25) is 0 Å². The SMILES string of the molecule is CSCC[C@H](NC(=O)[C@@H](N)CCC(N)=O)C(=O)N[C@@H](CCC(N)=O)C(=O)O. The fourth-order valence-corrected chi connectivity index (χ4v) is 2.50. The van der Waals surface area contributed by atoms with E-state index in [9.17, 15) is 24.0 Å². The van der Waals surface area contributed by atoms with Gasteiger partial charge in [-0.15, -0.1) is 0 Å². The summed E-state index contributed by atoms with van der Waals surface area (Å²) in [5.41, 5.74) is 15.7. The first-order valence-electron chi connectivity index (χ1n) is 8.23. The molecule has 0 unspecified atom stereocenters. The van der Waals surface area contributed by atoms with Crippen molar-refractivity contribution in [2.45, 2.75) is 50.2 Å². The normalized spacial score (nSPS) is 13.9. The summed E-state index contributed by atoms with van der Waals surface area (Å²) in [5, 5.41) is 13.9. The molecule has 0 aliphatic heterocycles. The summed E-state index contributed by atoms with van der Waals surface area (Å²) < 4.78 is 0. The van der Waals surface area contributed by atoms with Crippen LogP contribution in [0, 0.1) is 0 Å². The fourth-order valence-electron chi connectivity index (χ4n) is 2.03. The minimum absolute atomic E-state index is 0.0222. The lowest BCUT2D eigenvalue weighted by atomic mass is 10.1. The second-order valence-corrected chi connectivity index (χ2v) is 6.84. The fraction of sp³-hybridized carbons (Fsp3) is 0.667. The van der Waals surface area contributed by atoms with Crippen molar-refractivity contribution in [1.29, 1.82) is 0 Å². The molecule has 11 nitrogen and oxygen atoms in total. The Hall–Kier alpha value is -2.34. The van der Waals surface area contributed by atoms with Crippen LogP contribution in [0.3, 0.4) is 0 Å². The molecule has 27 heavy (non-hydrogen) atoms. The molecule has 9 N–H and O–H groups in total. The first kappa shape index (κ1) is 24.7. The van der Waals surface area contributed by atoms with Gasteiger partial charge >= 0.3 is 5.97 Å². The molecule has 0 aromatic heterocycles. The summed E-state index contributed by atoms with van der Waals surface area (Å²) >= 11 is 1.44. The molecule has 0 spiro atoms. The lowest BCUT2D eigenvalue weighted by Gasteiger charge is -2.22. The highest BCUT2D eigenvalue weighted by Crippen LogP contribution is 2.05. The number of carboxylic acids is 1. The van der Waals surface area contributed by atoms with Crippen LogP contribution in [-0.4, -0.2) is 64.8 Å². The summed E-state index contributed by atoms with van der Waals surface area (Å²) in [5.74, 6) is -3.46. The number of nitrogens with two attached hydrogens (primary N) is 3. The summed E-state index contributed by atoms with van der Waals surface area (Å²) in [6, 6.07) is -3.37. The summed E-state index contributed by atoms with van der Waals surface area (Å²) in [6.07, 6.45) is 1.61. The van der Waals surface area contributed by atoms with Crippen LogP contribution in [0.5, 0.6) is 0 Å². The Morgan fingerprint density at radius 1 is 0.889 bits per heavy atom. The van der Waals surface area contributed by atoms with Crippen molar-refractivity contribution in [2.24, 2.45) is 17.2 Å². The Morgan fingerprint density at radius 3 is 1.89 bits per heavy atom. The molecule has 0 radical (unpaired) electrons. The Morgan fingerprint density at radius 2 is 1.41 bits per heavy atom. The number of hydrogen-bond acceptors (Lipinski definition) is 7. The monoisotopic (exact) mass is 405 g/mol. The van der Waals surface area contributed by atoms with E-state index < -0.39 is 47.7 Å². The van der Waals surface area contributed by atoms with Gasteiger partial charge in [0.15, 0.2) is 0 Å². The summed E-state index contributed by atoms with van der Waals surface area (Å²) in [4.78, 5) is 57.4. The quantitative estimate of drug-likeness (QED) is 0.184. The molecular formula is C15H27N5O6S. The van der Waals surface area contributed by atoms with E-state index in [-0.39, 0.29) is 32.1 Å². The molecule has 0 aromatic carbocycles. The van der Waals surface area contributed by atoms with Crippen molar-refractivity contribution in [2.75, 3.05) is 12.0 Å². The first-order valence-corrected chi connectivity index (χ1v) is 9.62. The first-order chi connectivity index (χ1) is 12.6. The van der Waals surface area contributed by atoms with E-state index >= 15 is 0 Å². The van der Waals surface area contributed by atoms with Gasteiger partial charge < -0.3 is 32.9 Å². The minimum atomic E-state index is -1.32. The number of aliphatic carboxylic acids is 1. The summed E-state index contributed by atoms with van der Waals surface area (Å²) in [6.45, 7) is 0. The Kier molecular flexibility index (Phi) is 11.8. The van der Waals surface area contributed by atoms with Gasteiger partial charge in [0.05, 0.1) is 6.04 Å². The third-order valence-corrected chi connectivity index (χ3v) is 4.22. The maximum absolute atomic E-state index is 12.4. The number of nitrogens with one attached hydrogen (secondary N) is 2. The zero-order chi connectivity index (χ0) is 21.0. The molecule has 0 saturated carbocycles. The van der Waals surface area contributed by atoms with Crippen LogP contribution in [0.15, 0.2) is 0 Å². The number of primary amides is 2. The molecular weight excluding hydrogens is 378 g/mol. The standard InChI is InChI=1S/C15H27N5O6S/c1-27-7-6-9(19-13(23)8(16)2-4-11(17)21)14(24)20-10(15(25)26)3-5-12(18)22/h8-10H,2-7,16H2,1H3,(H2,17,21)(H2,18,22)(H,19,23)(H,20,24)(H,25,26)/t8-,9-,10-/m0/s1. The highest BCUT2D eigenvalue weighted by Gasteiger charge is 2.28. The van der Waals surface area contributed by atoms with Crippen LogP contribution in [0.1, 0.15) is 32.1 Å². The minimum Gasteiger partial charge on any atom is -0.480 e. The van der Waals surface area contributed by atoms with Gasteiger partial charge in [-0.25, -0.2) is 4.79 Å². The van der Waals surface area contributed by atoms with E-state index in [1.54, 1.807) is 0 Å². The Balaban J connectivity index is 4.95. The van der Waals surface area contributed by atoms with E-state index in [2.05, 4.69) is 10.6 Å². The second-order valence-electron chi connectivity index (χ2n) is 5.86. The highest BCUT2D eigenvalue weighted by molar-refractivity contribution is 7.98. The van der Waals surface area contributed by atoms with Crippen molar-refractivity contribution >= 4 is 41.4 Å². The van der Waals surface area contributed by atoms with Crippen molar-refractivity contribution < 1.29 is 29.1 Å². The Bertz CT molecular complexity index is 559. The number of hydrogen-bond donors (Lipinski definition) is 6. The topological polar surface area (TPSA) is 208 Å². The lowest BCUT2D eigenvalue weighted by Crippen LogP contribution is -2.54. The molecule has 0 rings (SSSR count). The third-order valence-electron chi connectivity index (χ3n) is 3.58.